The second-order valence-electron chi connectivity index (χ2n) is 1.84. The van der Waals surface area contributed by atoms with Crippen molar-refractivity contribution in [1.82, 2.24) is 0 Å². The van der Waals surface area contributed by atoms with Crippen molar-refractivity contribution in [3.05, 3.63) is 35.9 Å². The summed E-state index contributed by atoms with van der Waals surface area (Å²) in [5.74, 6) is 0. The molecule has 56 valence electrons. The Bertz CT molecular complexity index is 151. The van der Waals surface area contributed by atoms with E-state index < -0.39 is 0 Å². The van der Waals surface area contributed by atoms with Crippen LogP contribution in [0.2, 0.25) is 0 Å². The minimum atomic E-state index is 0.778. The lowest BCUT2D eigenvalue weighted by atomic mass is 10.2. The molecule has 10 heavy (non-hydrogen) atoms. The fourth-order valence-corrected chi connectivity index (χ4v) is 0.714. The Hall–Kier alpha value is -0.273. The summed E-state index contributed by atoms with van der Waals surface area (Å²) in [4.78, 5) is 0. The van der Waals surface area contributed by atoms with Gasteiger partial charge >= 0.3 is 0 Å². The van der Waals surface area contributed by atoms with Crippen LogP contribution in [0.4, 0.5) is 0 Å². The first kappa shape index (κ1) is 9.73. The quantitative estimate of drug-likeness (QED) is 0.448. The molecule has 0 unspecified atom stereocenters. The van der Waals surface area contributed by atoms with Crippen LogP contribution in [0.3, 0.4) is 0 Å². The molecule has 0 nitrogen and oxygen atoms in total. The summed E-state index contributed by atoms with van der Waals surface area (Å²) in [6.07, 6.45) is 1.14. The van der Waals surface area contributed by atoms with E-state index in [0.717, 1.165) is 16.0 Å². The van der Waals surface area contributed by atoms with E-state index in [1.165, 1.54) is 5.56 Å². The minimum absolute atomic E-state index is 0.778. The van der Waals surface area contributed by atoms with Gasteiger partial charge in [-0.25, -0.2) is 0 Å². The summed E-state index contributed by atoms with van der Waals surface area (Å²) in [6, 6.07) is 10.5. The monoisotopic (exact) mass is 172 g/mol. The van der Waals surface area contributed by atoms with Crippen LogP contribution < -0.4 is 0 Å². The van der Waals surface area contributed by atoms with Gasteiger partial charge in [0.05, 0.1) is 0 Å². The smallest absolute Gasteiger partial charge is 0.109 e. The maximum atomic E-state index is 4.78. The Kier molecular flexibility index (Phi) is 6.65. The fourth-order valence-electron chi connectivity index (χ4n) is 0.714. The van der Waals surface area contributed by atoms with E-state index >= 15 is 0 Å². The van der Waals surface area contributed by atoms with Crippen LogP contribution in [0.25, 0.3) is 0 Å². The Morgan fingerprint density at radius 3 is 2.00 bits per heavy atom. The van der Waals surface area contributed by atoms with Crippen molar-refractivity contribution in [2.24, 2.45) is 0 Å². The van der Waals surface area contributed by atoms with Gasteiger partial charge < -0.3 is 0 Å². The lowest BCUT2D eigenvalue weighted by Crippen LogP contribution is -1.73. The van der Waals surface area contributed by atoms with Gasteiger partial charge in [-0.2, -0.15) is 11.1 Å². The van der Waals surface area contributed by atoms with Gasteiger partial charge in [-0.15, -0.1) is 0 Å². The summed E-state index contributed by atoms with van der Waals surface area (Å²) in [5, 5.41) is 0. The average molecular weight is 173 g/mol. The molecule has 2 heteroatoms. The molecule has 0 spiro atoms. The molecule has 0 bridgehead atoms. The van der Waals surface area contributed by atoms with E-state index in [0.29, 0.717) is 0 Å². The molecule has 0 aliphatic rings. The first-order valence-electron chi connectivity index (χ1n) is 3.35. The van der Waals surface area contributed by atoms with Crippen molar-refractivity contribution >= 4 is 20.6 Å². The molecule has 0 saturated heterocycles. The van der Waals surface area contributed by atoms with E-state index in [2.05, 4.69) is 31.2 Å². The van der Waals surface area contributed by atoms with Crippen molar-refractivity contribution in [2.45, 2.75) is 13.3 Å². The van der Waals surface area contributed by atoms with Gasteiger partial charge in [0, 0.05) is 0 Å². The van der Waals surface area contributed by atoms with Gasteiger partial charge in [0.1, 0.15) is 9.55 Å². The maximum absolute atomic E-state index is 4.78. The highest BCUT2D eigenvalue weighted by molar-refractivity contribution is 6.80. The lowest BCUT2D eigenvalue weighted by Gasteiger charge is -1.89. The van der Waals surface area contributed by atoms with Crippen molar-refractivity contribution in [3.63, 3.8) is 0 Å². The molecule has 0 aliphatic carbocycles. The zero-order chi connectivity index (χ0) is 7.82. The van der Waals surface area contributed by atoms with E-state index in [-0.39, 0.29) is 0 Å². The zero-order valence-corrected chi connectivity index (χ0v) is 9.23. The topological polar surface area (TPSA) is 0 Å². The van der Waals surface area contributed by atoms with E-state index in [9.17, 15) is 0 Å². The molecule has 0 aromatic heterocycles. The van der Waals surface area contributed by atoms with Gasteiger partial charge in [0.25, 0.3) is 0 Å². The number of rotatable bonds is 1. The highest BCUT2D eigenvalue weighted by Crippen LogP contribution is 1.96. The van der Waals surface area contributed by atoms with Gasteiger partial charge in [0.15, 0.2) is 0 Å². The summed E-state index contributed by atoms with van der Waals surface area (Å²) in [6.45, 7) is 2.16. The molecule has 0 aliphatic heterocycles. The standard InChI is InChI=1S/C8H10.ClH3Si/c1-2-8-6-4-3-5-7-8;1-2/h3-7H,2H2,1H3;2H3. The summed E-state index contributed by atoms with van der Waals surface area (Å²) in [5.41, 5.74) is 1.41. The highest BCUT2D eigenvalue weighted by atomic mass is 35.6. The largest absolute Gasteiger partial charge is 0.181 e. The summed E-state index contributed by atoms with van der Waals surface area (Å²) in [7, 11) is 0.778. The fraction of sp³-hybridized carbons (Fsp3) is 0.250. The maximum Gasteiger partial charge on any atom is 0.109 e. The van der Waals surface area contributed by atoms with Crippen LogP contribution in [-0.4, -0.2) is 9.55 Å². The van der Waals surface area contributed by atoms with Gasteiger partial charge in [0.2, 0.25) is 0 Å². The third-order valence-corrected chi connectivity index (χ3v) is 1.25. The van der Waals surface area contributed by atoms with Crippen LogP contribution in [0, 0.1) is 0 Å². The van der Waals surface area contributed by atoms with E-state index in [1.54, 1.807) is 0 Å². The van der Waals surface area contributed by atoms with Gasteiger partial charge in [-0.05, 0) is 12.0 Å². The molecule has 1 aromatic carbocycles. The minimum Gasteiger partial charge on any atom is -0.181 e. The summed E-state index contributed by atoms with van der Waals surface area (Å²) < 4.78 is 0. The van der Waals surface area contributed by atoms with Crippen molar-refractivity contribution in [3.8, 4) is 0 Å². The number of aryl methyl sites for hydroxylation is 1. The van der Waals surface area contributed by atoms with Crippen LogP contribution in [0.15, 0.2) is 30.3 Å². The predicted octanol–water partition coefficient (Wildman–Crippen LogP) is 1.75. The Balaban J connectivity index is 0.000000371. The lowest BCUT2D eigenvalue weighted by molar-refractivity contribution is 1.14. The third-order valence-electron chi connectivity index (χ3n) is 1.25. The molecule has 0 atom stereocenters. The molecule has 1 aromatic rings. The Morgan fingerprint density at radius 1 is 1.20 bits per heavy atom. The predicted molar refractivity (Wildman–Crippen MR) is 51.6 cm³/mol. The normalized spacial score (nSPS) is 8.20. The number of halogens is 1. The van der Waals surface area contributed by atoms with Crippen LogP contribution in [0.5, 0.6) is 0 Å². The first-order chi connectivity index (χ1) is 4.93. The number of hydrogen-bond donors (Lipinski definition) is 0. The average Bonchev–Trinajstić information content (AvgIpc) is 2.10. The molecular formula is C8H13ClSi. The second kappa shape index (κ2) is 6.84. The SMILES string of the molecule is CCc1ccccc1.[SiH3]Cl. The first-order valence-corrected chi connectivity index (χ1v) is 6.37. The molecule has 0 saturated carbocycles. The molecule has 0 N–H and O–H groups in total. The van der Waals surface area contributed by atoms with Crippen molar-refractivity contribution < 1.29 is 0 Å². The molecule has 0 amide bonds. The Morgan fingerprint density at radius 2 is 1.70 bits per heavy atom. The second-order valence-corrected chi connectivity index (χ2v) is 1.84. The van der Waals surface area contributed by atoms with Crippen LogP contribution in [0.1, 0.15) is 12.5 Å². The third kappa shape index (κ3) is 3.70. The van der Waals surface area contributed by atoms with Crippen LogP contribution >= 0.6 is 11.1 Å². The number of benzene rings is 1. The molecule has 0 heterocycles. The highest BCUT2D eigenvalue weighted by Gasteiger charge is 1.79. The van der Waals surface area contributed by atoms with Crippen molar-refractivity contribution in [1.29, 1.82) is 0 Å². The van der Waals surface area contributed by atoms with Gasteiger partial charge in [-0.1, -0.05) is 37.3 Å². The summed E-state index contributed by atoms with van der Waals surface area (Å²) >= 11 is 4.78. The van der Waals surface area contributed by atoms with E-state index in [4.69, 9.17) is 11.1 Å². The van der Waals surface area contributed by atoms with Gasteiger partial charge in [-0.3, -0.25) is 0 Å². The molecule has 0 fully saturated rings. The van der Waals surface area contributed by atoms with Crippen LogP contribution in [-0.2, 0) is 6.42 Å². The molecule has 1 rings (SSSR count). The zero-order valence-electron chi connectivity index (χ0n) is 6.47. The van der Waals surface area contributed by atoms with Crippen molar-refractivity contribution in [2.75, 3.05) is 0 Å². The molecule has 0 radical (unpaired) electrons. The Labute approximate surface area is 70.3 Å². The number of hydrogen-bond acceptors (Lipinski definition) is 0. The molecular weight excluding hydrogens is 160 g/mol. The van der Waals surface area contributed by atoms with E-state index in [1.807, 2.05) is 6.07 Å².